The average Bonchev–Trinajstić information content (AvgIpc) is 2.74. The summed E-state index contributed by atoms with van der Waals surface area (Å²) in [7, 11) is 0. The highest BCUT2D eigenvalue weighted by Gasteiger charge is 2.04. The number of phenols is 4. The number of nitrogens with zero attached hydrogens (tertiary/aromatic N) is 2. The van der Waals surface area contributed by atoms with E-state index < -0.39 is 0 Å². The molecule has 0 saturated carbocycles. The molecule has 4 aromatic rings. The first-order valence-electron chi connectivity index (χ1n) is 9.33. The van der Waals surface area contributed by atoms with E-state index in [1.165, 1.54) is 12.1 Å². The standard InChI is InChI=1S/2C12H11NO2/c2*14-11-5-4-9(12(15)8-11)7-10-3-1-2-6-13-10/h2*1-6,8,14-15H,7H2. The van der Waals surface area contributed by atoms with Crippen LogP contribution in [0.4, 0.5) is 0 Å². The van der Waals surface area contributed by atoms with Gasteiger partial charge in [0.05, 0.1) is 0 Å². The minimum atomic E-state index is 0.0669. The Bertz CT molecular complexity index is 998. The molecule has 2 heterocycles. The van der Waals surface area contributed by atoms with E-state index >= 15 is 0 Å². The van der Waals surface area contributed by atoms with Crippen LogP contribution in [0.25, 0.3) is 0 Å². The van der Waals surface area contributed by atoms with Crippen LogP contribution in [0.2, 0.25) is 0 Å². The molecule has 2 aromatic carbocycles. The molecule has 0 amide bonds. The lowest BCUT2D eigenvalue weighted by atomic mass is 10.1. The van der Waals surface area contributed by atoms with Crippen LogP contribution in [0, 0.1) is 0 Å². The van der Waals surface area contributed by atoms with Crippen molar-refractivity contribution in [3.05, 3.63) is 108 Å². The molecule has 2 aromatic heterocycles. The topological polar surface area (TPSA) is 107 Å². The highest BCUT2D eigenvalue weighted by atomic mass is 16.3. The van der Waals surface area contributed by atoms with Gasteiger partial charge in [0.15, 0.2) is 0 Å². The van der Waals surface area contributed by atoms with Crippen molar-refractivity contribution in [3.8, 4) is 23.0 Å². The number of pyridine rings is 2. The summed E-state index contributed by atoms with van der Waals surface area (Å²) < 4.78 is 0. The smallest absolute Gasteiger partial charge is 0.122 e. The van der Waals surface area contributed by atoms with Gasteiger partial charge in [0.2, 0.25) is 0 Å². The van der Waals surface area contributed by atoms with Gasteiger partial charge in [-0.15, -0.1) is 0 Å². The molecule has 152 valence electrons. The first kappa shape index (κ1) is 20.7. The molecule has 0 aliphatic heterocycles. The SMILES string of the molecule is Oc1ccc(Cc2ccccn2)c(O)c1.Oc1ccc(Cc2ccccn2)c(O)c1. The molecule has 0 spiro atoms. The Balaban J connectivity index is 0.000000171. The van der Waals surface area contributed by atoms with E-state index in [2.05, 4.69) is 9.97 Å². The van der Waals surface area contributed by atoms with Crippen molar-refractivity contribution in [1.29, 1.82) is 0 Å². The first-order valence-corrected chi connectivity index (χ1v) is 9.33. The monoisotopic (exact) mass is 402 g/mol. The van der Waals surface area contributed by atoms with E-state index in [9.17, 15) is 10.2 Å². The largest absolute Gasteiger partial charge is 0.508 e. The van der Waals surface area contributed by atoms with Crippen LogP contribution >= 0.6 is 0 Å². The van der Waals surface area contributed by atoms with E-state index in [4.69, 9.17) is 10.2 Å². The van der Waals surface area contributed by atoms with Gasteiger partial charge in [0.25, 0.3) is 0 Å². The Morgan fingerprint density at radius 2 is 0.967 bits per heavy atom. The number of phenolic OH excluding ortho intramolecular Hbond substituents is 4. The number of hydrogen-bond acceptors (Lipinski definition) is 6. The molecule has 4 rings (SSSR count). The van der Waals surface area contributed by atoms with Gasteiger partial charge in [-0.3, -0.25) is 9.97 Å². The average molecular weight is 402 g/mol. The molecule has 30 heavy (non-hydrogen) atoms. The van der Waals surface area contributed by atoms with Crippen LogP contribution in [0.3, 0.4) is 0 Å². The maximum absolute atomic E-state index is 9.56. The van der Waals surface area contributed by atoms with Crippen molar-refractivity contribution in [2.75, 3.05) is 0 Å². The van der Waals surface area contributed by atoms with Gasteiger partial charge in [-0.2, -0.15) is 0 Å². The Hall–Kier alpha value is -4.06. The van der Waals surface area contributed by atoms with Crippen molar-refractivity contribution in [3.63, 3.8) is 0 Å². The highest BCUT2D eigenvalue weighted by molar-refractivity contribution is 5.41. The third kappa shape index (κ3) is 5.97. The van der Waals surface area contributed by atoms with Crippen LogP contribution < -0.4 is 0 Å². The van der Waals surface area contributed by atoms with Gasteiger partial charge in [-0.25, -0.2) is 0 Å². The van der Waals surface area contributed by atoms with E-state index in [0.29, 0.717) is 12.8 Å². The maximum Gasteiger partial charge on any atom is 0.122 e. The summed E-state index contributed by atoms with van der Waals surface area (Å²) in [6.45, 7) is 0. The second kappa shape index (κ2) is 9.93. The second-order valence-corrected chi connectivity index (χ2v) is 6.62. The number of aromatic nitrogens is 2. The van der Waals surface area contributed by atoms with Gasteiger partial charge in [0.1, 0.15) is 23.0 Å². The molecule has 0 bridgehead atoms. The van der Waals surface area contributed by atoms with E-state index in [1.54, 1.807) is 36.7 Å². The minimum absolute atomic E-state index is 0.0669. The van der Waals surface area contributed by atoms with Crippen LogP contribution in [0.5, 0.6) is 23.0 Å². The van der Waals surface area contributed by atoms with Crippen molar-refractivity contribution in [2.24, 2.45) is 0 Å². The van der Waals surface area contributed by atoms with Gasteiger partial charge in [-0.1, -0.05) is 24.3 Å². The summed E-state index contributed by atoms with van der Waals surface area (Å²) in [5, 5.41) is 37.4. The van der Waals surface area contributed by atoms with E-state index in [0.717, 1.165) is 22.5 Å². The molecule has 0 aliphatic rings. The van der Waals surface area contributed by atoms with Gasteiger partial charge >= 0.3 is 0 Å². The Labute approximate surface area is 174 Å². The lowest BCUT2D eigenvalue weighted by Crippen LogP contribution is -1.91. The molecule has 0 fully saturated rings. The number of rotatable bonds is 4. The fourth-order valence-corrected chi connectivity index (χ4v) is 2.80. The van der Waals surface area contributed by atoms with Crippen molar-refractivity contribution in [2.45, 2.75) is 12.8 Å². The lowest BCUT2D eigenvalue weighted by molar-refractivity contribution is 0.445. The van der Waals surface area contributed by atoms with Crippen LogP contribution in [-0.4, -0.2) is 30.4 Å². The molecule has 0 saturated heterocycles. The normalized spacial score (nSPS) is 10.1. The van der Waals surface area contributed by atoms with Crippen molar-refractivity contribution < 1.29 is 20.4 Å². The number of benzene rings is 2. The van der Waals surface area contributed by atoms with Crippen LogP contribution in [0.15, 0.2) is 85.2 Å². The number of hydrogen-bond donors (Lipinski definition) is 4. The summed E-state index contributed by atoms with van der Waals surface area (Å²) in [6.07, 6.45) is 4.56. The molecule has 0 atom stereocenters. The summed E-state index contributed by atoms with van der Waals surface area (Å²) in [5.74, 6) is 0.329. The number of aromatic hydroxyl groups is 4. The first-order chi connectivity index (χ1) is 14.5. The lowest BCUT2D eigenvalue weighted by Gasteiger charge is -2.04. The van der Waals surface area contributed by atoms with Crippen LogP contribution in [0.1, 0.15) is 22.5 Å². The molecule has 6 nitrogen and oxygen atoms in total. The third-order valence-corrected chi connectivity index (χ3v) is 4.33. The van der Waals surface area contributed by atoms with Gasteiger partial charge < -0.3 is 20.4 Å². The predicted molar refractivity (Wildman–Crippen MR) is 114 cm³/mol. The molecule has 0 aliphatic carbocycles. The van der Waals surface area contributed by atoms with E-state index in [1.807, 2.05) is 36.4 Å². The summed E-state index contributed by atoms with van der Waals surface area (Å²) in [4.78, 5) is 8.33. The Kier molecular flexibility index (Phi) is 6.84. The maximum atomic E-state index is 9.56. The Morgan fingerprint density at radius 1 is 0.533 bits per heavy atom. The molecule has 4 N–H and O–H groups in total. The van der Waals surface area contributed by atoms with Crippen molar-refractivity contribution >= 4 is 0 Å². The predicted octanol–water partition coefficient (Wildman–Crippen LogP) is 4.17. The fraction of sp³-hybridized carbons (Fsp3) is 0.0833. The fourth-order valence-electron chi connectivity index (χ4n) is 2.80. The summed E-state index contributed by atoms with van der Waals surface area (Å²) >= 11 is 0. The molecule has 0 unspecified atom stereocenters. The molecule has 0 radical (unpaired) electrons. The highest BCUT2D eigenvalue weighted by Crippen LogP contribution is 2.25. The second-order valence-electron chi connectivity index (χ2n) is 6.62. The van der Waals surface area contributed by atoms with E-state index in [-0.39, 0.29) is 23.0 Å². The van der Waals surface area contributed by atoms with Crippen LogP contribution in [-0.2, 0) is 12.8 Å². The Morgan fingerprint density at radius 3 is 1.30 bits per heavy atom. The van der Waals surface area contributed by atoms with Gasteiger partial charge in [0, 0.05) is 59.9 Å². The van der Waals surface area contributed by atoms with Crippen molar-refractivity contribution in [1.82, 2.24) is 9.97 Å². The third-order valence-electron chi connectivity index (χ3n) is 4.33. The summed E-state index contributed by atoms with van der Waals surface area (Å²) in [5.41, 5.74) is 3.29. The molecule has 6 heteroatoms. The molecular formula is C24H22N2O4. The minimum Gasteiger partial charge on any atom is -0.508 e. The zero-order chi connectivity index (χ0) is 21.3. The zero-order valence-corrected chi connectivity index (χ0v) is 16.2. The molecular weight excluding hydrogens is 380 g/mol. The summed E-state index contributed by atoms with van der Waals surface area (Å²) in [6, 6.07) is 20.4. The van der Waals surface area contributed by atoms with Gasteiger partial charge in [-0.05, 0) is 36.4 Å². The quantitative estimate of drug-likeness (QED) is 0.408. The zero-order valence-electron chi connectivity index (χ0n) is 16.2.